The third kappa shape index (κ3) is 5.59. The molecule has 1 unspecified atom stereocenters. The van der Waals surface area contributed by atoms with E-state index in [1.54, 1.807) is 30.0 Å². The van der Waals surface area contributed by atoms with E-state index in [9.17, 15) is 14.4 Å². The van der Waals surface area contributed by atoms with E-state index in [1.165, 1.54) is 0 Å². The van der Waals surface area contributed by atoms with Gasteiger partial charge >= 0.3 is 6.03 Å². The molecule has 1 aromatic rings. The van der Waals surface area contributed by atoms with Crippen LogP contribution < -0.4 is 16.0 Å². The maximum absolute atomic E-state index is 12.5. The van der Waals surface area contributed by atoms with E-state index in [0.29, 0.717) is 35.2 Å². The lowest BCUT2D eigenvalue weighted by Gasteiger charge is -2.23. The summed E-state index contributed by atoms with van der Waals surface area (Å²) in [4.78, 5) is 37.6. The van der Waals surface area contributed by atoms with Crippen molar-refractivity contribution in [2.24, 2.45) is 0 Å². The Morgan fingerprint density at radius 1 is 1.28 bits per heavy atom. The molecular formula is C16H20Cl2N4O3. The number of hydrogen-bond donors (Lipinski definition) is 3. The van der Waals surface area contributed by atoms with Crippen LogP contribution in [0.25, 0.3) is 0 Å². The molecule has 136 valence electrons. The molecule has 0 spiro atoms. The van der Waals surface area contributed by atoms with Gasteiger partial charge in [0.2, 0.25) is 11.8 Å². The summed E-state index contributed by atoms with van der Waals surface area (Å²) >= 11 is 12.0. The lowest BCUT2D eigenvalue weighted by molar-refractivity contribution is -0.124. The summed E-state index contributed by atoms with van der Waals surface area (Å²) in [6.45, 7) is 2.75. The van der Waals surface area contributed by atoms with E-state index in [1.807, 2.05) is 0 Å². The SMILES string of the molecule is CCNC(=O)NC(=O)CN1CCCC1C(=O)Nc1cc(Cl)ccc1Cl. The first-order valence-electron chi connectivity index (χ1n) is 7.98. The smallest absolute Gasteiger partial charge is 0.321 e. The minimum absolute atomic E-state index is 0.0293. The predicted molar refractivity (Wildman–Crippen MR) is 96.9 cm³/mol. The summed E-state index contributed by atoms with van der Waals surface area (Å²) in [6, 6.07) is 3.80. The Morgan fingerprint density at radius 2 is 2.04 bits per heavy atom. The van der Waals surface area contributed by atoms with Gasteiger partial charge in [-0.15, -0.1) is 0 Å². The number of nitrogens with zero attached hydrogens (tertiary/aromatic N) is 1. The first kappa shape index (κ1) is 19.5. The van der Waals surface area contributed by atoms with Crippen molar-refractivity contribution >= 4 is 46.7 Å². The molecule has 3 N–H and O–H groups in total. The van der Waals surface area contributed by atoms with Crippen LogP contribution in [-0.4, -0.2) is 48.4 Å². The number of anilines is 1. The van der Waals surface area contributed by atoms with Crippen molar-refractivity contribution in [2.45, 2.75) is 25.8 Å². The van der Waals surface area contributed by atoms with Crippen LogP contribution in [0.3, 0.4) is 0 Å². The second-order valence-corrected chi connectivity index (χ2v) is 6.49. The van der Waals surface area contributed by atoms with Crippen molar-refractivity contribution in [1.82, 2.24) is 15.5 Å². The third-order valence-corrected chi connectivity index (χ3v) is 4.35. The number of imide groups is 1. The van der Waals surface area contributed by atoms with Crippen molar-refractivity contribution in [3.05, 3.63) is 28.2 Å². The summed E-state index contributed by atoms with van der Waals surface area (Å²) in [6.07, 6.45) is 1.41. The number of hydrogen-bond acceptors (Lipinski definition) is 4. The van der Waals surface area contributed by atoms with Crippen molar-refractivity contribution in [3.63, 3.8) is 0 Å². The highest BCUT2D eigenvalue weighted by Gasteiger charge is 2.32. The number of benzene rings is 1. The molecule has 0 aliphatic carbocycles. The summed E-state index contributed by atoms with van der Waals surface area (Å²) in [5, 5.41) is 8.31. The maximum Gasteiger partial charge on any atom is 0.321 e. The largest absolute Gasteiger partial charge is 0.338 e. The van der Waals surface area contributed by atoms with Crippen molar-refractivity contribution in [1.29, 1.82) is 0 Å². The van der Waals surface area contributed by atoms with Gasteiger partial charge in [0.25, 0.3) is 0 Å². The third-order valence-electron chi connectivity index (χ3n) is 3.79. The van der Waals surface area contributed by atoms with Gasteiger partial charge in [-0.3, -0.25) is 19.8 Å². The van der Waals surface area contributed by atoms with E-state index in [-0.39, 0.29) is 12.5 Å². The van der Waals surface area contributed by atoms with Gasteiger partial charge in [-0.2, -0.15) is 0 Å². The molecule has 0 bridgehead atoms. The normalized spacial score (nSPS) is 17.2. The second-order valence-electron chi connectivity index (χ2n) is 5.65. The molecule has 1 saturated heterocycles. The van der Waals surface area contributed by atoms with Gasteiger partial charge in [0.05, 0.1) is 23.3 Å². The Labute approximate surface area is 156 Å². The molecule has 2 rings (SSSR count). The van der Waals surface area contributed by atoms with Crippen LogP contribution in [0.15, 0.2) is 18.2 Å². The van der Waals surface area contributed by atoms with Gasteiger partial charge in [-0.25, -0.2) is 4.79 Å². The van der Waals surface area contributed by atoms with E-state index in [2.05, 4.69) is 16.0 Å². The standard InChI is InChI=1S/C16H20Cl2N4O3/c1-2-19-16(25)21-14(23)9-22-7-3-4-13(22)15(24)20-12-8-10(17)5-6-11(12)18/h5-6,8,13H,2-4,7,9H2,1H3,(H,20,24)(H2,19,21,23,25). The lowest BCUT2D eigenvalue weighted by atomic mass is 10.2. The van der Waals surface area contributed by atoms with E-state index in [0.717, 1.165) is 6.42 Å². The van der Waals surface area contributed by atoms with Gasteiger partial charge in [0.15, 0.2) is 0 Å². The molecule has 1 aromatic carbocycles. The zero-order valence-corrected chi connectivity index (χ0v) is 15.3. The molecule has 7 nitrogen and oxygen atoms in total. The molecule has 1 fully saturated rings. The number of carbonyl (C=O) groups is 3. The Hall–Kier alpha value is -1.83. The second kappa shape index (κ2) is 9.03. The first-order chi connectivity index (χ1) is 11.9. The molecule has 9 heteroatoms. The topological polar surface area (TPSA) is 90.5 Å². The van der Waals surface area contributed by atoms with Crippen molar-refractivity contribution in [3.8, 4) is 0 Å². The highest BCUT2D eigenvalue weighted by atomic mass is 35.5. The quantitative estimate of drug-likeness (QED) is 0.723. The average molecular weight is 387 g/mol. The molecule has 4 amide bonds. The fourth-order valence-electron chi connectivity index (χ4n) is 2.68. The number of nitrogens with one attached hydrogen (secondary N) is 3. The average Bonchev–Trinajstić information content (AvgIpc) is 2.99. The Morgan fingerprint density at radius 3 is 2.76 bits per heavy atom. The summed E-state index contributed by atoms with van der Waals surface area (Å²) in [7, 11) is 0. The molecule has 1 heterocycles. The molecule has 1 aliphatic rings. The number of amides is 4. The number of urea groups is 1. The van der Waals surface area contributed by atoms with Crippen molar-refractivity contribution < 1.29 is 14.4 Å². The van der Waals surface area contributed by atoms with Gasteiger partial charge < -0.3 is 10.6 Å². The van der Waals surface area contributed by atoms with Crippen LogP contribution >= 0.6 is 23.2 Å². The zero-order valence-electron chi connectivity index (χ0n) is 13.8. The van der Waals surface area contributed by atoms with Gasteiger partial charge in [0.1, 0.15) is 0 Å². The van der Waals surface area contributed by atoms with Gasteiger partial charge in [-0.1, -0.05) is 23.2 Å². The molecule has 0 radical (unpaired) electrons. The van der Waals surface area contributed by atoms with Crippen LogP contribution in [-0.2, 0) is 9.59 Å². The fourth-order valence-corrected chi connectivity index (χ4v) is 3.01. The van der Waals surface area contributed by atoms with Gasteiger partial charge in [-0.05, 0) is 44.5 Å². The van der Waals surface area contributed by atoms with Crippen molar-refractivity contribution in [2.75, 3.05) is 25.0 Å². The first-order valence-corrected chi connectivity index (χ1v) is 8.74. The fraction of sp³-hybridized carbons (Fsp3) is 0.438. The maximum atomic E-state index is 12.5. The minimum Gasteiger partial charge on any atom is -0.338 e. The van der Waals surface area contributed by atoms with Crippen LogP contribution in [0.1, 0.15) is 19.8 Å². The molecular weight excluding hydrogens is 367 g/mol. The number of likely N-dealkylation sites (tertiary alicyclic amines) is 1. The molecule has 25 heavy (non-hydrogen) atoms. The highest BCUT2D eigenvalue weighted by Crippen LogP contribution is 2.27. The highest BCUT2D eigenvalue weighted by molar-refractivity contribution is 6.35. The van der Waals surface area contributed by atoms with Crippen LogP contribution in [0, 0.1) is 0 Å². The predicted octanol–water partition coefficient (Wildman–Crippen LogP) is 2.24. The molecule has 0 saturated carbocycles. The number of halogens is 2. The molecule has 1 atom stereocenters. The lowest BCUT2D eigenvalue weighted by Crippen LogP contribution is -2.48. The summed E-state index contributed by atoms with van der Waals surface area (Å²) in [5.74, 6) is -0.709. The van der Waals surface area contributed by atoms with Gasteiger partial charge in [0, 0.05) is 11.6 Å². The summed E-state index contributed by atoms with van der Waals surface area (Å²) < 4.78 is 0. The zero-order chi connectivity index (χ0) is 18.4. The van der Waals surface area contributed by atoms with Crippen LogP contribution in [0.2, 0.25) is 10.0 Å². The molecule has 0 aromatic heterocycles. The van der Waals surface area contributed by atoms with E-state index in [4.69, 9.17) is 23.2 Å². The minimum atomic E-state index is -0.543. The number of rotatable bonds is 5. The molecule has 1 aliphatic heterocycles. The van der Waals surface area contributed by atoms with Crippen LogP contribution in [0.4, 0.5) is 10.5 Å². The Balaban J connectivity index is 1.95. The number of carbonyl (C=O) groups excluding carboxylic acids is 3. The van der Waals surface area contributed by atoms with E-state index < -0.39 is 18.0 Å². The Bertz CT molecular complexity index is 669. The van der Waals surface area contributed by atoms with E-state index >= 15 is 0 Å². The van der Waals surface area contributed by atoms with Crippen LogP contribution in [0.5, 0.6) is 0 Å². The Kier molecular flexibility index (Phi) is 7.04. The summed E-state index contributed by atoms with van der Waals surface area (Å²) in [5.41, 5.74) is 0.429. The monoisotopic (exact) mass is 386 g/mol.